The lowest BCUT2D eigenvalue weighted by molar-refractivity contribution is -0.126. The van der Waals surface area contributed by atoms with Gasteiger partial charge in [0, 0.05) is 10.5 Å². The molecular weight excluding hydrogens is 316 g/mol. The molecule has 0 spiro atoms. The SMILES string of the molecule is CC(C)(C(=O)NC1CCCC1CN)c1ccc(Br)cc1. The molecule has 1 fully saturated rings. The monoisotopic (exact) mass is 338 g/mol. The molecule has 0 aromatic heterocycles. The van der Waals surface area contributed by atoms with Crippen LogP contribution in [0.5, 0.6) is 0 Å². The smallest absolute Gasteiger partial charge is 0.230 e. The van der Waals surface area contributed by atoms with E-state index in [9.17, 15) is 4.79 Å². The minimum atomic E-state index is -0.525. The maximum Gasteiger partial charge on any atom is 0.230 e. The summed E-state index contributed by atoms with van der Waals surface area (Å²) in [7, 11) is 0. The normalized spacial score (nSPS) is 22.8. The van der Waals surface area contributed by atoms with Crippen molar-refractivity contribution >= 4 is 21.8 Å². The third-order valence-corrected chi connectivity index (χ3v) is 4.94. The fraction of sp³-hybridized carbons (Fsp3) is 0.562. The summed E-state index contributed by atoms with van der Waals surface area (Å²) in [5.41, 5.74) is 6.28. The van der Waals surface area contributed by atoms with Gasteiger partial charge in [-0.25, -0.2) is 0 Å². The van der Waals surface area contributed by atoms with Crippen LogP contribution < -0.4 is 11.1 Å². The average molecular weight is 339 g/mol. The number of hydrogen-bond donors (Lipinski definition) is 2. The fourth-order valence-corrected chi connectivity index (χ4v) is 3.12. The minimum absolute atomic E-state index is 0.0881. The number of nitrogens with one attached hydrogen (secondary N) is 1. The highest BCUT2D eigenvalue weighted by molar-refractivity contribution is 9.10. The molecule has 0 saturated heterocycles. The van der Waals surface area contributed by atoms with Crippen molar-refractivity contribution in [3.8, 4) is 0 Å². The van der Waals surface area contributed by atoms with Crippen molar-refractivity contribution in [1.82, 2.24) is 5.32 Å². The van der Waals surface area contributed by atoms with E-state index in [-0.39, 0.29) is 11.9 Å². The second kappa shape index (κ2) is 6.27. The minimum Gasteiger partial charge on any atom is -0.352 e. The highest BCUT2D eigenvalue weighted by Gasteiger charge is 2.34. The number of benzene rings is 1. The molecule has 20 heavy (non-hydrogen) atoms. The first-order valence-corrected chi connectivity index (χ1v) is 8.01. The largest absolute Gasteiger partial charge is 0.352 e. The molecule has 110 valence electrons. The van der Waals surface area contributed by atoms with E-state index in [0.29, 0.717) is 12.5 Å². The van der Waals surface area contributed by atoms with E-state index in [0.717, 1.165) is 29.3 Å². The number of rotatable bonds is 4. The highest BCUT2D eigenvalue weighted by atomic mass is 79.9. The van der Waals surface area contributed by atoms with Crippen molar-refractivity contribution in [2.24, 2.45) is 11.7 Å². The van der Waals surface area contributed by atoms with E-state index < -0.39 is 5.41 Å². The molecule has 2 unspecified atom stereocenters. The van der Waals surface area contributed by atoms with Gasteiger partial charge in [-0.05, 0) is 56.8 Å². The van der Waals surface area contributed by atoms with Crippen LogP contribution in [0.4, 0.5) is 0 Å². The van der Waals surface area contributed by atoms with Crippen LogP contribution in [0.1, 0.15) is 38.7 Å². The van der Waals surface area contributed by atoms with Crippen molar-refractivity contribution < 1.29 is 4.79 Å². The molecule has 0 radical (unpaired) electrons. The Morgan fingerprint density at radius 2 is 2.00 bits per heavy atom. The van der Waals surface area contributed by atoms with Gasteiger partial charge in [-0.2, -0.15) is 0 Å². The Bertz CT molecular complexity index is 470. The van der Waals surface area contributed by atoms with Gasteiger partial charge in [0.25, 0.3) is 0 Å². The van der Waals surface area contributed by atoms with Crippen molar-refractivity contribution in [2.45, 2.75) is 44.6 Å². The van der Waals surface area contributed by atoms with Gasteiger partial charge >= 0.3 is 0 Å². The topological polar surface area (TPSA) is 55.1 Å². The number of nitrogens with two attached hydrogens (primary N) is 1. The second-order valence-corrected chi connectivity index (χ2v) is 7.05. The van der Waals surface area contributed by atoms with Crippen LogP contribution in [0.2, 0.25) is 0 Å². The van der Waals surface area contributed by atoms with E-state index in [2.05, 4.69) is 21.2 Å². The molecule has 0 aliphatic heterocycles. The zero-order valence-electron chi connectivity index (χ0n) is 12.2. The number of halogens is 1. The Morgan fingerprint density at radius 1 is 1.35 bits per heavy atom. The molecule has 4 heteroatoms. The average Bonchev–Trinajstić information content (AvgIpc) is 2.86. The molecule has 3 nitrogen and oxygen atoms in total. The van der Waals surface area contributed by atoms with E-state index in [4.69, 9.17) is 5.73 Å². The molecule has 0 bridgehead atoms. The highest BCUT2D eigenvalue weighted by Crippen LogP contribution is 2.28. The molecule has 1 aromatic carbocycles. The summed E-state index contributed by atoms with van der Waals surface area (Å²) in [5.74, 6) is 0.518. The molecule has 2 atom stereocenters. The predicted molar refractivity (Wildman–Crippen MR) is 85.5 cm³/mol. The molecule has 1 saturated carbocycles. The van der Waals surface area contributed by atoms with Crippen LogP contribution in [0, 0.1) is 5.92 Å². The first-order chi connectivity index (χ1) is 9.45. The standard InChI is InChI=1S/C16H23BrN2O/c1-16(2,12-6-8-13(17)9-7-12)15(20)19-14-5-3-4-11(14)10-18/h6-9,11,14H,3-5,10,18H2,1-2H3,(H,19,20). The molecule has 1 amide bonds. The van der Waals surface area contributed by atoms with Gasteiger partial charge in [0.2, 0.25) is 5.91 Å². The van der Waals surface area contributed by atoms with Gasteiger partial charge in [-0.1, -0.05) is 34.5 Å². The summed E-state index contributed by atoms with van der Waals surface area (Å²) in [5, 5.41) is 3.20. The van der Waals surface area contributed by atoms with Gasteiger partial charge in [-0.3, -0.25) is 4.79 Å². The Balaban J connectivity index is 2.09. The van der Waals surface area contributed by atoms with Gasteiger partial charge < -0.3 is 11.1 Å². The van der Waals surface area contributed by atoms with Crippen molar-refractivity contribution in [1.29, 1.82) is 0 Å². The van der Waals surface area contributed by atoms with Crippen LogP contribution in [-0.4, -0.2) is 18.5 Å². The molecule has 0 heterocycles. The first kappa shape index (κ1) is 15.5. The van der Waals surface area contributed by atoms with E-state index >= 15 is 0 Å². The quantitative estimate of drug-likeness (QED) is 0.886. The lowest BCUT2D eigenvalue weighted by atomic mass is 9.83. The van der Waals surface area contributed by atoms with Crippen molar-refractivity contribution in [3.05, 3.63) is 34.3 Å². The Labute approximate surface area is 129 Å². The molecule has 1 aromatic rings. The summed E-state index contributed by atoms with van der Waals surface area (Å²) in [6, 6.07) is 8.19. The second-order valence-electron chi connectivity index (χ2n) is 6.14. The number of carbonyl (C=O) groups is 1. The third-order valence-electron chi connectivity index (χ3n) is 4.41. The third kappa shape index (κ3) is 3.23. The number of hydrogen-bond acceptors (Lipinski definition) is 2. The predicted octanol–water partition coefficient (Wildman–Crippen LogP) is 2.97. The summed E-state index contributed by atoms with van der Waals surface area (Å²) < 4.78 is 1.02. The van der Waals surface area contributed by atoms with Crippen molar-refractivity contribution in [2.75, 3.05) is 6.54 Å². The lowest BCUT2D eigenvalue weighted by Crippen LogP contribution is -2.47. The summed E-state index contributed by atoms with van der Waals surface area (Å²) >= 11 is 3.42. The molecule has 1 aliphatic rings. The zero-order chi connectivity index (χ0) is 14.8. The maximum atomic E-state index is 12.6. The van der Waals surface area contributed by atoms with E-state index in [1.54, 1.807) is 0 Å². The Hall–Kier alpha value is -0.870. The summed E-state index contributed by atoms with van der Waals surface area (Å²) in [6.07, 6.45) is 3.33. The van der Waals surface area contributed by atoms with Crippen LogP contribution in [0.25, 0.3) is 0 Å². The van der Waals surface area contributed by atoms with Crippen LogP contribution in [-0.2, 0) is 10.2 Å². The maximum absolute atomic E-state index is 12.6. The Morgan fingerprint density at radius 3 is 2.60 bits per heavy atom. The van der Waals surface area contributed by atoms with E-state index in [1.807, 2.05) is 38.1 Å². The summed E-state index contributed by atoms with van der Waals surface area (Å²) in [6.45, 7) is 4.60. The van der Waals surface area contributed by atoms with E-state index in [1.165, 1.54) is 0 Å². The van der Waals surface area contributed by atoms with Gasteiger partial charge in [0.1, 0.15) is 0 Å². The zero-order valence-corrected chi connectivity index (χ0v) is 13.7. The lowest BCUT2D eigenvalue weighted by Gasteiger charge is -2.28. The first-order valence-electron chi connectivity index (χ1n) is 7.22. The van der Waals surface area contributed by atoms with Crippen LogP contribution in [0.15, 0.2) is 28.7 Å². The summed E-state index contributed by atoms with van der Waals surface area (Å²) in [4.78, 5) is 12.6. The Kier molecular flexibility index (Phi) is 4.86. The van der Waals surface area contributed by atoms with Gasteiger partial charge in [0.05, 0.1) is 5.41 Å². The fourth-order valence-electron chi connectivity index (χ4n) is 2.86. The molecular formula is C16H23BrN2O. The van der Waals surface area contributed by atoms with Gasteiger partial charge in [0.15, 0.2) is 0 Å². The van der Waals surface area contributed by atoms with Crippen LogP contribution in [0.3, 0.4) is 0 Å². The van der Waals surface area contributed by atoms with Gasteiger partial charge in [-0.15, -0.1) is 0 Å². The van der Waals surface area contributed by atoms with Crippen LogP contribution >= 0.6 is 15.9 Å². The van der Waals surface area contributed by atoms with Crippen molar-refractivity contribution in [3.63, 3.8) is 0 Å². The number of carbonyl (C=O) groups excluding carboxylic acids is 1. The molecule has 1 aliphatic carbocycles. The number of amides is 1. The molecule has 3 N–H and O–H groups in total. The molecule has 2 rings (SSSR count).